The molecule has 1 aromatic carbocycles. The molecule has 0 aliphatic carbocycles. The van der Waals surface area contributed by atoms with E-state index in [9.17, 15) is 9.59 Å². The molecule has 1 N–H and O–H groups in total. The molecule has 1 heterocycles. The Balaban J connectivity index is 2.07. The summed E-state index contributed by atoms with van der Waals surface area (Å²) in [6.45, 7) is 11.5. The second-order valence-electron chi connectivity index (χ2n) is 7.39. The van der Waals surface area contributed by atoms with Crippen molar-refractivity contribution in [2.75, 3.05) is 5.32 Å². The molecule has 0 radical (unpaired) electrons. The summed E-state index contributed by atoms with van der Waals surface area (Å²) >= 11 is 1.33. The predicted octanol–water partition coefficient (Wildman–Crippen LogP) is 3.39. The van der Waals surface area contributed by atoms with Gasteiger partial charge in [-0.3, -0.25) is 9.59 Å². The van der Waals surface area contributed by atoms with Crippen LogP contribution in [-0.4, -0.2) is 37.1 Å². The fourth-order valence-electron chi connectivity index (χ4n) is 2.12. The van der Waals surface area contributed by atoms with Gasteiger partial charge >= 0.3 is 0 Å². The van der Waals surface area contributed by atoms with Gasteiger partial charge in [-0.1, -0.05) is 25.6 Å². The number of aromatic nitrogens is 4. The third-order valence-electron chi connectivity index (χ3n) is 3.69. The summed E-state index contributed by atoms with van der Waals surface area (Å²) in [4.78, 5) is 24.4. The summed E-state index contributed by atoms with van der Waals surface area (Å²) < 4.78 is 1.71. The number of ketones is 1. The fraction of sp³-hybridized carbons (Fsp3) is 0.500. The van der Waals surface area contributed by atoms with Crippen molar-refractivity contribution in [3.63, 3.8) is 0 Å². The van der Waals surface area contributed by atoms with Gasteiger partial charge in [-0.2, -0.15) is 0 Å². The Kier molecular flexibility index (Phi) is 6.17. The lowest BCUT2D eigenvalue weighted by Gasteiger charge is -2.20. The summed E-state index contributed by atoms with van der Waals surface area (Å²) in [5.41, 5.74) is 1.00. The smallest absolute Gasteiger partial charge is 0.226 e. The molecular formula is C18H25N5O2S. The van der Waals surface area contributed by atoms with Crippen molar-refractivity contribution < 1.29 is 9.59 Å². The van der Waals surface area contributed by atoms with Gasteiger partial charge in [-0.05, 0) is 62.4 Å². The zero-order chi connectivity index (χ0) is 19.5. The molecule has 0 aliphatic rings. The Morgan fingerprint density at radius 3 is 2.27 bits per heavy atom. The number of rotatable bonds is 6. The van der Waals surface area contributed by atoms with Crippen LogP contribution in [0.4, 0.5) is 5.69 Å². The van der Waals surface area contributed by atoms with Gasteiger partial charge in [0.05, 0.1) is 10.8 Å². The normalized spacial score (nSPS) is 12.9. The van der Waals surface area contributed by atoms with Crippen LogP contribution in [0.3, 0.4) is 0 Å². The highest BCUT2D eigenvalue weighted by molar-refractivity contribution is 8.00. The first kappa shape index (κ1) is 20.1. The molecular weight excluding hydrogens is 350 g/mol. The third kappa shape index (κ3) is 4.91. The lowest BCUT2D eigenvalue weighted by Crippen LogP contribution is -2.25. The van der Waals surface area contributed by atoms with Crippen LogP contribution in [0.2, 0.25) is 0 Å². The summed E-state index contributed by atoms with van der Waals surface area (Å²) in [5, 5.41) is 14.8. The SMILES string of the molecule is CC(C)C(=O)Nc1ccc(C(=O)[C@H](C)Sc2nnnn2C(C)(C)C)cc1. The van der Waals surface area contributed by atoms with Crippen LogP contribution in [-0.2, 0) is 10.3 Å². The minimum atomic E-state index is -0.335. The van der Waals surface area contributed by atoms with E-state index in [0.717, 1.165) is 0 Å². The van der Waals surface area contributed by atoms with Crippen LogP contribution >= 0.6 is 11.8 Å². The fourth-order valence-corrected chi connectivity index (χ4v) is 3.18. The average molecular weight is 375 g/mol. The van der Waals surface area contributed by atoms with Crippen LogP contribution in [0.25, 0.3) is 0 Å². The van der Waals surface area contributed by atoms with Gasteiger partial charge in [0, 0.05) is 17.2 Å². The van der Waals surface area contributed by atoms with Crippen LogP contribution in [0.5, 0.6) is 0 Å². The molecule has 0 aliphatic heterocycles. The zero-order valence-corrected chi connectivity index (χ0v) is 16.8. The molecule has 0 saturated carbocycles. The van der Waals surface area contributed by atoms with E-state index in [4.69, 9.17) is 0 Å². The molecule has 0 saturated heterocycles. The summed E-state index contributed by atoms with van der Waals surface area (Å²) in [5.74, 6) is -0.163. The molecule has 2 rings (SSSR count). The number of amides is 1. The second-order valence-corrected chi connectivity index (χ2v) is 8.70. The van der Waals surface area contributed by atoms with E-state index in [0.29, 0.717) is 16.4 Å². The number of carbonyl (C=O) groups is 2. The standard InChI is InChI=1S/C18H25N5O2S/c1-11(2)16(25)19-14-9-7-13(8-10-14)15(24)12(3)26-17-20-21-22-23(17)18(4,5)6/h7-12H,1-6H3,(H,19,25)/t12-/m0/s1. The topological polar surface area (TPSA) is 89.8 Å². The van der Waals surface area contributed by atoms with Crippen LogP contribution < -0.4 is 5.32 Å². The van der Waals surface area contributed by atoms with E-state index >= 15 is 0 Å². The Morgan fingerprint density at radius 2 is 1.73 bits per heavy atom. The Labute approximate surface area is 157 Å². The first-order valence-electron chi connectivity index (χ1n) is 8.50. The Hall–Kier alpha value is -2.22. The van der Waals surface area contributed by atoms with E-state index < -0.39 is 0 Å². The van der Waals surface area contributed by atoms with Gasteiger partial charge in [0.15, 0.2) is 5.78 Å². The van der Waals surface area contributed by atoms with Crippen molar-refractivity contribution in [3.05, 3.63) is 29.8 Å². The van der Waals surface area contributed by atoms with E-state index in [-0.39, 0.29) is 28.4 Å². The lowest BCUT2D eigenvalue weighted by molar-refractivity contribution is -0.118. The minimum Gasteiger partial charge on any atom is -0.326 e. The molecule has 26 heavy (non-hydrogen) atoms. The van der Waals surface area contributed by atoms with Crippen molar-refractivity contribution in [3.8, 4) is 0 Å². The van der Waals surface area contributed by atoms with Gasteiger partial charge in [0.1, 0.15) is 0 Å². The van der Waals surface area contributed by atoms with Gasteiger partial charge < -0.3 is 5.32 Å². The van der Waals surface area contributed by atoms with Gasteiger partial charge in [-0.25, -0.2) is 4.68 Å². The number of Topliss-reactive ketones (excluding diaryl/α,β-unsaturated/α-hetero) is 1. The number of benzene rings is 1. The van der Waals surface area contributed by atoms with Crippen molar-refractivity contribution >= 4 is 29.1 Å². The number of anilines is 1. The molecule has 8 heteroatoms. The molecule has 0 spiro atoms. The first-order valence-corrected chi connectivity index (χ1v) is 9.38. The van der Waals surface area contributed by atoms with E-state index in [1.165, 1.54) is 11.8 Å². The molecule has 1 atom stereocenters. The van der Waals surface area contributed by atoms with E-state index in [1.54, 1.807) is 28.9 Å². The Morgan fingerprint density at radius 1 is 1.12 bits per heavy atom. The van der Waals surface area contributed by atoms with Crippen molar-refractivity contribution in [2.45, 2.75) is 57.5 Å². The maximum Gasteiger partial charge on any atom is 0.226 e. The molecule has 7 nitrogen and oxygen atoms in total. The first-order chi connectivity index (χ1) is 12.1. The molecule has 0 unspecified atom stereocenters. The van der Waals surface area contributed by atoms with Crippen molar-refractivity contribution in [1.29, 1.82) is 0 Å². The lowest BCUT2D eigenvalue weighted by atomic mass is 10.1. The number of nitrogens with zero attached hydrogens (tertiary/aromatic N) is 4. The maximum atomic E-state index is 12.7. The van der Waals surface area contributed by atoms with Crippen LogP contribution in [0, 0.1) is 5.92 Å². The monoisotopic (exact) mass is 375 g/mol. The molecule has 0 bridgehead atoms. The minimum absolute atomic E-state index is 0.0137. The van der Waals surface area contributed by atoms with Crippen LogP contribution in [0.1, 0.15) is 51.9 Å². The largest absolute Gasteiger partial charge is 0.326 e. The third-order valence-corrected chi connectivity index (χ3v) is 4.72. The molecule has 2 aromatic rings. The van der Waals surface area contributed by atoms with Crippen molar-refractivity contribution in [2.24, 2.45) is 5.92 Å². The van der Waals surface area contributed by atoms with Gasteiger partial charge in [0.25, 0.3) is 0 Å². The van der Waals surface area contributed by atoms with Gasteiger partial charge in [-0.15, -0.1) is 5.10 Å². The number of tetrazole rings is 1. The number of thioether (sulfide) groups is 1. The quantitative estimate of drug-likeness (QED) is 0.615. The number of hydrogen-bond acceptors (Lipinski definition) is 6. The van der Waals surface area contributed by atoms with Crippen molar-refractivity contribution in [1.82, 2.24) is 20.2 Å². The van der Waals surface area contributed by atoms with Gasteiger partial charge in [0.2, 0.25) is 11.1 Å². The van der Waals surface area contributed by atoms with E-state index in [1.807, 2.05) is 41.5 Å². The number of hydrogen-bond donors (Lipinski definition) is 1. The second kappa shape index (κ2) is 7.99. The highest BCUT2D eigenvalue weighted by Gasteiger charge is 2.24. The molecule has 1 amide bonds. The number of nitrogens with one attached hydrogen (secondary N) is 1. The summed E-state index contributed by atoms with van der Waals surface area (Å²) in [7, 11) is 0. The highest BCUT2D eigenvalue weighted by Crippen LogP contribution is 2.27. The van der Waals surface area contributed by atoms with E-state index in [2.05, 4.69) is 20.8 Å². The summed E-state index contributed by atoms with van der Waals surface area (Å²) in [6.07, 6.45) is 0. The maximum absolute atomic E-state index is 12.7. The molecule has 1 aromatic heterocycles. The Bertz CT molecular complexity index is 778. The molecule has 140 valence electrons. The average Bonchev–Trinajstić information content (AvgIpc) is 3.03. The highest BCUT2D eigenvalue weighted by atomic mass is 32.2. The zero-order valence-electron chi connectivity index (χ0n) is 16.0. The molecule has 0 fully saturated rings. The summed E-state index contributed by atoms with van der Waals surface area (Å²) in [6, 6.07) is 6.93. The number of carbonyl (C=O) groups excluding carboxylic acids is 2. The van der Waals surface area contributed by atoms with Crippen LogP contribution in [0.15, 0.2) is 29.4 Å². The predicted molar refractivity (Wildman–Crippen MR) is 102 cm³/mol.